The third kappa shape index (κ3) is 2.54. The molecule has 1 heterocycles. The molecular formula is C13H13BrOS. The van der Waals surface area contributed by atoms with E-state index in [0.29, 0.717) is 6.42 Å². The quantitative estimate of drug-likeness (QED) is 0.904. The highest BCUT2D eigenvalue weighted by molar-refractivity contribution is 9.10. The van der Waals surface area contributed by atoms with Crippen LogP contribution in [-0.2, 0) is 6.42 Å². The zero-order chi connectivity index (χ0) is 11.5. The summed E-state index contributed by atoms with van der Waals surface area (Å²) < 4.78 is 1.06. The lowest BCUT2D eigenvalue weighted by atomic mass is 10.1. The highest BCUT2D eigenvalue weighted by Crippen LogP contribution is 2.28. The van der Waals surface area contributed by atoms with Crippen LogP contribution in [0.1, 0.15) is 22.1 Å². The van der Waals surface area contributed by atoms with Gasteiger partial charge in [-0.25, -0.2) is 0 Å². The first-order chi connectivity index (χ1) is 7.68. The number of hydrogen-bond acceptors (Lipinski definition) is 2. The molecule has 1 atom stereocenters. The molecule has 0 bridgehead atoms. The van der Waals surface area contributed by atoms with Crippen LogP contribution in [0.25, 0.3) is 0 Å². The summed E-state index contributed by atoms with van der Waals surface area (Å²) in [6.07, 6.45) is 0.252. The Hall–Kier alpha value is -0.640. The molecule has 0 aliphatic carbocycles. The maximum Gasteiger partial charge on any atom is 0.0925 e. The van der Waals surface area contributed by atoms with Crippen LogP contribution in [0.4, 0.5) is 0 Å². The van der Waals surface area contributed by atoms with Gasteiger partial charge < -0.3 is 5.11 Å². The Labute approximate surface area is 108 Å². The molecule has 2 rings (SSSR count). The molecule has 0 fully saturated rings. The second-order valence-electron chi connectivity index (χ2n) is 3.78. The molecule has 0 amide bonds. The zero-order valence-electron chi connectivity index (χ0n) is 8.98. The first-order valence-corrected chi connectivity index (χ1v) is 6.81. The van der Waals surface area contributed by atoms with E-state index in [1.165, 1.54) is 5.56 Å². The Morgan fingerprint density at radius 2 is 2.06 bits per heavy atom. The number of rotatable bonds is 3. The molecule has 0 saturated carbocycles. The van der Waals surface area contributed by atoms with Gasteiger partial charge in [0, 0.05) is 15.8 Å². The van der Waals surface area contributed by atoms with E-state index < -0.39 is 6.10 Å². The molecule has 0 aliphatic heterocycles. The van der Waals surface area contributed by atoms with E-state index in [0.717, 1.165) is 14.9 Å². The Morgan fingerprint density at radius 3 is 2.69 bits per heavy atom. The Morgan fingerprint density at radius 1 is 1.31 bits per heavy atom. The molecule has 1 unspecified atom stereocenters. The first-order valence-electron chi connectivity index (χ1n) is 5.14. The van der Waals surface area contributed by atoms with Gasteiger partial charge in [0.2, 0.25) is 0 Å². The second-order valence-corrected chi connectivity index (χ2v) is 5.58. The fourth-order valence-electron chi connectivity index (χ4n) is 1.69. The topological polar surface area (TPSA) is 20.2 Å². The van der Waals surface area contributed by atoms with Gasteiger partial charge in [-0.15, -0.1) is 11.3 Å². The second kappa shape index (κ2) is 5.13. The summed E-state index contributed by atoms with van der Waals surface area (Å²) in [6, 6.07) is 10.1. The van der Waals surface area contributed by atoms with Crippen molar-refractivity contribution >= 4 is 27.3 Å². The van der Waals surface area contributed by atoms with Crippen molar-refractivity contribution in [2.24, 2.45) is 0 Å². The maximum absolute atomic E-state index is 10.2. The highest BCUT2D eigenvalue weighted by atomic mass is 79.9. The van der Waals surface area contributed by atoms with Crippen molar-refractivity contribution in [3.8, 4) is 0 Å². The molecule has 1 N–H and O–H groups in total. The Bertz CT molecular complexity index is 478. The molecule has 0 saturated heterocycles. The standard InChI is InChI=1S/C13H13BrOS/c1-9-6-7-16-13(9)12(15)8-10-4-2-3-5-11(10)14/h2-7,12,15H,8H2,1H3. The van der Waals surface area contributed by atoms with Crippen molar-refractivity contribution in [1.82, 2.24) is 0 Å². The molecule has 2 aromatic rings. The van der Waals surface area contributed by atoms with E-state index in [4.69, 9.17) is 0 Å². The lowest BCUT2D eigenvalue weighted by Gasteiger charge is -2.11. The van der Waals surface area contributed by atoms with Crippen LogP contribution < -0.4 is 0 Å². The predicted octanol–water partition coefficient (Wildman–Crippen LogP) is 4.10. The van der Waals surface area contributed by atoms with E-state index >= 15 is 0 Å². The van der Waals surface area contributed by atoms with Gasteiger partial charge in [0.1, 0.15) is 0 Å². The third-order valence-electron chi connectivity index (χ3n) is 2.58. The normalized spacial score (nSPS) is 12.7. The van der Waals surface area contributed by atoms with Crippen molar-refractivity contribution in [2.45, 2.75) is 19.4 Å². The van der Waals surface area contributed by atoms with Gasteiger partial charge in [0.05, 0.1) is 6.10 Å². The maximum atomic E-state index is 10.2. The summed E-state index contributed by atoms with van der Waals surface area (Å²) in [5.41, 5.74) is 2.31. The van der Waals surface area contributed by atoms with Gasteiger partial charge in [0.25, 0.3) is 0 Å². The lowest BCUT2D eigenvalue weighted by Crippen LogP contribution is -2.01. The van der Waals surface area contributed by atoms with Crippen molar-refractivity contribution in [3.05, 3.63) is 56.2 Å². The fraction of sp³-hybridized carbons (Fsp3) is 0.231. The molecule has 1 aromatic heterocycles. The number of aliphatic hydroxyl groups excluding tert-OH is 1. The van der Waals surface area contributed by atoms with Gasteiger partial charge in [-0.3, -0.25) is 0 Å². The molecule has 0 radical (unpaired) electrons. The Balaban J connectivity index is 2.17. The number of aliphatic hydroxyl groups is 1. The largest absolute Gasteiger partial charge is 0.387 e. The summed E-state index contributed by atoms with van der Waals surface area (Å²) in [6.45, 7) is 2.04. The van der Waals surface area contributed by atoms with Gasteiger partial charge >= 0.3 is 0 Å². The van der Waals surface area contributed by atoms with E-state index in [1.807, 2.05) is 42.6 Å². The number of aryl methyl sites for hydroxylation is 1. The van der Waals surface area contributed by atoms with Crippen LogP contribution in [0.3, 0.4) is 0 Å². The first kappa shape index (κ1) is 11.8. The molecular weight excluding hydrogens is 284 g/mol. The van der Waals surface area contributed by atoms with Crippen molar-refractivity contribution in [3.63, 3.8) is 0 Å². The minimum atomic E-state index is -0.404. The van der Waals surface area contributed by atoms with Crippen molar-refractivity contribution < 1.29 is 5.11 Å². The number of hydrogen-bond donors (Lipinski definition) is 1. The van der Waals surface area contributed by atoms with E-state index in [-0.39, 0.29) is 0 Å². The molecule has 0 spiro atoms. The minimum absolute atomic E-state index is 0.404. The summed E-state index contributed by atoms with van der Waals surface area (Å²) in [5.74, 6) is 0. The molecule has 0 aliphatic rings. The fourth-order valence-corrected chi connectivity index (χ4v) is 3.05. The average Bonchev–Trinajstić information content (AvgIpc) is 2.68. The number of halogens is 1. The monoisotopic (exact) mass is 296 g/mol. The minimum Gasteiger partial charge on any atom is -0.387 e. The van der Waals surface area contributed by atoms with Crippen LogP contribution in [0.5, 0.6) is 0 Å². The van der Waals surface area contributed by atoms with Crippen molar-refractivity contribution in [1.29, 1.82) is 0 Å². The van der Waals surface area contributed by atoms with Crippen LogP contribution in [0.15, 0.2) is 40.2 Å². The van der Waals surface area contributed by atoms with Crippen LogP contribution in [-0.4, -0.2) is 5.11 Å². The molecule has 16 heavy (non-hydrogen) atoms. The van der Waals surface area contributed by atoms with E-state index in [9.17, 15) is 5.11 Å². The molecule has 1 aromatic carbocycles. The summed E-state index contributed by atoms with van der Waals surface area (Å²) in [7, 11) is 0. The van der Waals surface area contributed by atoms with Crippen LogP contribution in [0, 0.1) is 6.92 Å². The smallest absolute Gasteiger partial charge is 0.0925 e. The summed E-state index contributed by atoms with van der Waals surface area (Å²) >= 11 is 5.12. The number of benzene rings is 1. The highest BCUT2D eigenvalue weighted by Gasteiger charge is 2.13. The average molecular weight is 297 g/mol. The third-order valence-corrected chi connectivity index (χ3v) is 4.47. The van der Waals surface area contributed by atoms with Gasteiger partial charge in [0.15, 0.2) is 0 Å². The molecule has 1 nitrogen and oxygen atoms in total. The zero-order valence-corrected chi connectivity index (χ0v) is 11.4. The number of thiophene rings is 1. The molecule has 3 heteroatoms. The summed E-state index contributed by atoms with van der Waals surface area (Å²) in [5, 5.41) is 12.2. The summed E-state index contributed by atoms with van der Waals surface area (Å²) in [4.78, 5) is 1.07. The molecule has 84 valence electrons. The van der Waals surface area contributed by atoms with Gasteiger partial charge in [-0.2, -0.15) is 0 Å². The SMILES string of the molecule is Cc1ccsc1C(O)Cc1ccccc1Br. The van der Waals surface area contributed by atoms with Crippen molar-refractivity contribution in [2.75, 3.05) is 0 Å². The van der Waals surface area contributed by atoms with Crippen LogP contribution in [0.2, 0.25) is 0 Å². The predicted molar refractivity (Wildman–Crippen MR) is 71.9 cm³/mol. The lowest BCUT2D eigenvalue weighted by molar-refractivity contribution is 0.181. The van der Waals surface area contributed by atoms with E-state index in [1.54, 1.807) is 11.3 Å². The van der Waals surface area contributed by atoms with E-state index in [2.05, 4.69) is 15.9 Å². The van der Waals surface area contributed by atoms with Crippen LogP contribution >= 0.6 is 27.3 Å². The van der Waals surface area contributed by atoms with Gasteiger partial charge in [-0.1, -0.05) is 34.1 Å². The van der Waals surface area contributed by atoms with Gasteiger partial charge in [-0.05, 0) is 35.6 Å². The Kier molecular flexibility index (Phi) is 3.79.